The average molecular weight is 502 g/mol. The zero-order valence-corrected chi connectivity index (χ0v) is 21.5. The molecule has 36 heavy (non-hydrogen) atoms. The lowest BCUT2D eigenvalue weighted by molar-refractivity contribution is 0.0696. The Bertz CT molecular complexity index is 1360. The summed E-state index contributed by atoms with van der Waals surface area (Å²) in [6, 6.07) is 28.7. The number of para-hydroxylation sites is 2. The second-order valence-electron chi connectivity index (χ2n) is 9.47. The Morgan fingerprint density at radius 2 is 1.67 bits per heavy atom. The number of anilines is 2. The van der Waals surface area contributed by atoms with Gasteiger partial charge in [0, 0.05) is 5.69 Å². The summed E-state index contributed by atoms with van der Waals surface area (Å²) >= 11 is 0. The third kappa shape index (κ3) is 5.05. The second kappa shape index (κ2) is 11.0. The van der Waals surface area contributed by atoms with Crippen molar-refractivity contribution in [1.29, 1.82) is 0 Å². The van der Waals surface area contributed by atoms with Crippen LogP contribution in [0.3, 0.4) is 0 Å². The van der Waals surface area contributed by atoms with Crippen molar-refractivity contribution < 1.29 is 14.6 Å². The summed E-state index contributed by atoms with van der Waals surface area (Å²) in [5.41, 5.74) is 4.43. The van der Waals surface area contributed by atoms with Gasteiger partial charge in [0.25, 0.3) is 0 Å². The number of rotatable bonds is 7. The van der Waals surface area contributed by atoms with E-state index in [-0.39, 0.29) is 18.5 Å². The lowest BCUT2D eigenvalue weighted by Gasteiger charge is -2.37. The van der Waals surface area contributed by atoms with Crippen LogP contribution in [0.5, 0.6) is 5.75 Å². The fraction of sp³-hybridized carbons (Fsp3) is 0.258. The normalized spacial score (nSPS) is 15.5. The van der Waals surface area contributed by atoms with Gasteiger partial charge in [-0.05, 0) is 78.3 Å². The number of fused-ring (bicyclic) bond motifs is 2. The number of carbonyl (C=O) groups is 1. The Morgan fingerprint density at radius 3 is 2.50 bits per heavy atom. The van der Waals surface area contributed by atoms with Crippen LogP contribution in [0, 0.1) is 6.92 Å². The van der Waals surface area contributed by atoms with Crippen molar-refractivity contribution in [2.75, 3.05) is 11.4 Å². The van der Waals surface area contributed by atoms with Crippen molar-refractivity contribution >= 4 is 40.5 Å². The Labute approximate surface area is 218 Å². The number of aromatic carboxylic acids is 1. The fourth-order valence-electron chi connectivity index (χ4n) is 5.31. The highest BCUT2D eigenvalue weighted by Gasteiger charge is 2.28. The Morgan fingerprint density at radius 1 is 0.972 bits per heavy atom. The lowest BCUT2D eigenvalue weighted by Crippen LogP contribution is -2.37. The predicted octanol–water partition coefficient (Wildman–Crippen LogP) is 8.14. The lowest BCUT2D eigenvalue weighted by atomic mass is 9.90. The number of halogens is 1. The first-order valence-corrected chi connectivity index (χ1v) is 12.4. The van der Waals surface area contributed by atoms with E-state index in [0.717, 1.165) is 42.0 Å². The molecule has 1 heterocycles. The van der Waals surface area contributed by atoms with Crippen molar-refractivity contribution in [3.05, 3.63) is 102 Å². The van der Waals surface area contributed by atoms with Crippen molar-refractivity contribution in [1.82, 2.24) is 0 Å². The summed E-state index contributed by atoms with van der Waals surface area (Å²) in [7, 11) is 0. The molecule has 4 aromatic rings. The summed E-state index contributed by atoms with van der Waals surface area (Å²) in [6.45, 7) is 4.90. The van der Waals surface area contributed by atoms with Crippen LogP contribution in [0.15, 0.2) is 84.9 Å². The van der Waals surface area contributed by atoms with Crippen molar-refractivity contribution in [2.24, 2.45) is 0 Å². The Kier molecular flexibility index (Phi) is 7.85. The molecule has 0 radical (unpaired) electrons. The van der Waals surface area contributed by atoms with E-state index in [4.69, 9.17) is 4.74 Å². The summed E-state index contributed by atoms with van der Waals surface area (Å²) in [5.74, 6) is 0.415. The van der Waals surface area contributed by atoms with Crippen LogP contribution in [0.4, 0.5) is 11.4 Å². The number of benzene rings is 4. The summed E-state index contributed by atoms with van der Waals surface area (Å²) < 4.78 is 6.40. The number of ether oxygens (including phenoxy) is 1. The van der Waals surface area contributed by atoms with E-state index in [1.807, 2.05) is 43.3 Å². The summed E-state index contributed by atoms with van der Waals surface area (Å²) in [4.78, 5) is 13.9. The van der Waals surface area contributed by atoms with Gasteiger partial charge in [0.2, 0.25) is 0 Å². The molecule has 0 fully saturated rings. The molecule has 5 rings (SSSR count). The molecule has 0 aliphatic carbocycles. The third-order valence-electron chi connectivity index (χ3n) is 7.18. The minimum Gasteiger partial charge on any atom is -0.486 e. The second-order valence-corrected chi connectivity index (χ2v) is 9.47. The molecule has 0 saturated carbocycles. The van der Waals surface area contributed by atoms with E-state index in [2.05, 4.69) is 54.3 Å². The molecule has 2 atom stereocenters. The number of nitrogens with zero attached hydrogens (tertiary/aromatic N) is 1. The number of hydrogen-bond donors (Lipinski definition) is 1. The van der Waals surface area contributed by atoms with E-state index in [9.17, 15) is 9.90 Å². The largest absolute Gasteiger partial charge is 0.486 e. The van der Waals surface area contributed by atoms with Crippen LogP contribution in [-0.2, 0) is 0 Å². The maximum absolute atomic E-state index is 11.7. The zero-order valence-electron chi connectivity index (χ0n) is 20.7. The molecule has 0 aromatic heterocycles. The third-order valence-corrected chi connectivity index (χ3v) is 7.18. The van der Waals surface area contributed by atoms with E-state index in [1.165, 1.54) is 16.3 Å². The standard InChI is InChI=1S/C31H31NO3.ClH/c1-21(25-15-8-12-23-11-3-4-14-27(23)25)10-7-13-24-20-32(29-17-5-6-19-30(29)35-24)28-18-9-16-26(22(28)2)31(33)34;/h3-6,8-9,11-12,14-19,21,24H,7,10,13,20H2,1-2H3,(H,33,34);1H/t21-,24?;/m0./s1. The zero-order chi connectivity index (χ0) is 24.4. The Hall–Kier alpha value is -3.50. The number of hydrogen-bond acceptors (Lipinski definition) is 3. The van der Waals surface area contributed by atoms with E-state index in [0.29, 0.717) is 18.0 Å². The molecule has 0 amide bonds. The highest BCUT2D eigenvalue weighted by Crippen LogP contribution is 2.40. The van der Waals surface area contributed by atoms with Crippen LogP contribution in [0.1, 0.15) is 53.6 Å². The average Bonchev–Trinajstić information content (AvgIpc) is 2.88. The van der Waals surface area contributed by atoms with Gasteiger partial charge in [-0.3, -0.25) is 0 Å². The molecule has 1 unspecified atom stereocenters. The van der Waals surface area contributed by atoms with Gasteiger partial charge in [-0.15, -0.1) is 12.4 Å². The fourth-order valence-corrected chi connectivity index (χ4v) is 5.31. The van der Waals surface area contributed by atoms with Crippen molar-refractivity contribution in [2.45, 2.75) is 45.1 Å². The van der Waals surface area contributed by atoms with Crippen molar-refractivity contribution in [3.63, 3.8) is 0 Å². The quantitative estimate of drug-likeness (QED) is 0.277. The van der Waals surface area contributed by atoms with Crippen LogP contribution >= 0.6 is 12.4 Å². The summed E-state index contributed by atoms with van der Waals surface area (Å²) in [5, 5.41) is 12.2. The van der Waals surface area contributed by atoms with Gasteiger partial charge < -0.3 is 14.7 Å². The number of carboxylic acids is 1. The maximum atomic E-state index is 11.7. The maximum Gasteiger partial charge on any atom is 0.336 e. The Balaban J connectivity index is 0.00000304. The molecule has 4 nitrogen and oxygen atoms in total. The molecular weight excluding hydrogens is 470 g/mol. The minimum absolute atomic E-state index is 0. The van der Waals surface area contributed by atoms with Gasteiger partial charge >= 0.3 is 5.97 Å². The first kappa shape index (κ1) is 25.6. The molecule has 0 spiro atoms. The highest BCUT2D eigenvalue weighted by molar-refractivity contribution is 5.92. The smallest absolute Gasteiger partial charge is 0.336 e. The van der Waals surface area contributed by atoms with Gasteiger partial charge in [-0.25, -0.2) is 4.79 Å². The highest BCUT2D eigenvalue weighted by atomic mass is 35.5. The van der Waals surface area contributed by atoms with Crippen LogP contribution < -0.4 is 9.64 Å². The first-order chi connectivity index (χ1) is 17.0. The van der Waals surface area contributed by atoms with Gasteiger partial charge in [0.1, 0.15) is 11.9 Å². The molecule has 186 valence electrons. The van der Waals surface area contributed by atoms with Gasteiger partial charge in [-0.2, -0.15) is 0 Å². The van der Waals surface area contributed by atoms with E-state index >= 15 is 0 Å². The topological polar surface area (TPSA) is 49.8 Å². The predicted molar refractivity (Wildman–Crippen MR) is 149 cm³/mol. The summed E-state index contributed by atoms with van der Waals surface area (Å²) in [6.07, 6.45) is 3.12. The van der Waals surface area contributed by atoms with Gasteiger partial charge in [-0.1, -0.05) is 67.6 Å². The molecule has 4 aromatic carbocycles. The molecule has 0 saturated heterocycles. The monoisotopic (exact) mass is 501 g/mol. The molecule has 1 aliphatic rings. The molecule has 1 N–H and O–H groups in total. The van der Waals surface area contributed by atoms with Crippen LogP contribution in [0.25, 0.3) is 10.8 Å². The molecule has 1 aliphatic heterocycles. The van der Waals surface area contributed by atoms with Crippen LogP contribution in [0.2, 0.25) is 0 Å². The number of carboxylic acid groups (broad SMARTS) is 1. The molecular formula is C31H32ClNO3. The van der Waals surface area contributed by atoms with Crippen molar-refractivity contribution in [3.8, 4) is 5.75 Å². The molecule has 0 bridgehead atoms. The van der Waals surface area contributed by atoms with Gasteiger partial charge in [0.05, 0.1) is 17.8 Å². The van der Waals surface area contributed by atoms with Crippen LogP contribution in [-0.4, -0.2) is 23.7 Å². The first-order valence-electron chi connectivity index (χ1n) is 12.4. The van der Waals surface area contributed by atoms with E-state index in [1.54, 1.807) is 6.07 Å². The molecule has 5 heteroatoms. The SMILES string of the molecule is Cc1c(C(=O)O)cccc1N1CC(CCC[C@H](C)c2cccc3ccccc23)Oc2ccccc21.Cl. The van der Waals surface area contributed by atoms with Gasteiger partial charge in [0.15, 0.2) is 0 Å². The van der Waals surface area contributed by atoms with E-state index < -0.39 is 5.97 Å². The minimum atomic E-state index is -0.898.